The lowest BCUT2D eigenvalue weighted by molar-refractivity contribution is 0.617. The Labute approximate surface area is 78.8 Å². The summed E-state index contributed by atoms with van der Waals surface area (Å²) in [6.07, 6.45) is 3.09. The van der Waals surface area contributed by atoms with E-state index in [2.05, 4.69) is 0 Å². The van der Waals surface area contributed by atoms with Crippen LogP contribution in [0.4, 0.5) is 4.39 Å². The van der Waals surface area contributed by atoms with E-state index in [-0.39, 0.29) is 11.9 Å². The van der Waals surface area contributed by atoms with Crippen LogP contribution in [0.3, 0.4) is 0 Å². The summed E-state index contributed by atoms with van der Waals surface area (Å²) in [6, 6.07) is 6.93. The van der Waals surface area contributed by atoms with Crippen molar-refractivity contribution in [3.05, 3.63) is 35.6 Å². The van der Waals surface area contributed by atoms with Crippen LogP contribution >= 0.6 is 0 Å². The average molecular weight is 181 g/mol. The Balaban J connectivity index is 2.33. The van der Waals surface area contributed by atoms with Gasteiger partial charge in [0.15, 0.2) is 0 Å². The van der Waals surface area contributed by atoms with Gasteiger partial charge in [-0.25, -0.2) is 4.39 Å². The number of aryl methyl sites for hydroxylation is 1. The minimum atomic E-state index is -0.170. The highest BCUT2D eigenvalue weighted by Crippen LogP contribution is 2.07. The molecule has 0 aliphatic rings. The highest BCUT2D eigenvalue weighted by Gasteiger charge is 1.96. The quantitative estimate of drug-likeness (QED) is 0.758. The molecule has 0 aliphatic carbocycles. The number of halogens is 1. The lowest BCUT2D eigenvalue weighted by Crippen LogP contribution is -2.14. The zero-order valence-electron chi connectivity index (χ0n) is 7.96. The molecule has 0 bridgehead atoms. The summed E-state index contributed by atoms with van der Waals surface area (Å²) in [5, 5.41) is 0. The van der Waals surface area contributed by atoms with Crippen molar-refractivity contribution in [1.82, 2.24) is 0 Å². The van der Waals surface area contributed by atoms with Crippen LogP contribution in [0.15, 0.2) is 24.3 Å². The van der Waals surface area contributed by atoms with Gasteiger partial charge in [0.25, 0.3) is 0 Å². The molecule has 1 atom stereocenters. The Hall–Kier alpha value is -0.890. The third kappa shape index (κ3) is 4.04. The first kappa shape index (κ1) is 10.2. The molecule has 0 saturated carbocycles. The molecule has 1 nitrogen and oxygen atoms in total. The minimum absolute atomic E-state index is 0.170. The van der Waals surface area contributed by atoms with Gasteiger partial charge < -0.3 is 5.73 Å². The number of hydrogen-bond acceptors (Lipinski definition) is 1. The lowest BCUT2D eigenvalue weighted by atomic mass is 10.1. The van der Waals surface area contributed by atoms with Crippen LogP contribution in [0.2, 0.25) is 0 Å². The fourth-order valence-corrected chi connectivity index (χ4v) is 1.28. The van der Waals surface area contributed by atoms with E-state index in [1.165, 1.54) is 17.7 Å². The molecule has 0 fully saturated rings. The second kappa shape index (κ2) is 4.97. The van der Waals surface area contributed by atoms with Crippen LogP contribution in [0.25, 0.3) is 0 Å². The van der Waals surface area contributed by atoms with Gasteiger partial charge in [0.1, 0.15) is 5.82 Å². The standard InChI is InChI=1S/C11H16FN/c1-9(13)3-2-4-10-5-7-11(12)8-6-10/h5-9H,2-4,13H2,1H3/t9-/m0/s1. The zero-order valence-corrected chi connectivity index (χ0v) is 7.96. The van der Waals surface area contributed by atoms with Crippen LogP contribution in [0, 0.1) is 5.82 Å². The largest absolute Gasteiger partial charge is 0.328 e. The van der Waals surface area contributed by atoms with Crippen LogP contribution in [-0.4, -0.2) is 6.04 Å². The van der Waals surface area contributed by atoms with E-state index in [9.17, 15) is 4.39 Å². The van der Waals surface area contributed by atoms with Gasteiger partial charge >= 0.3 is 0 Å². The summed E-state index contributed by atoms with van der Waals surface area (Å²) >= 11 is 0. The van der Waals surface area contributed by atoms with Crippen molar-refractivity contribution in [2.75, 3.05) is 0 Å². The highest BCUT2D eigenvalue weighted by atomic mass is 19.1. The van der Waals surface area contributed by atoms with Crippen molar-refractivity contribution in [3.63, 3.8) is 0 Å². The van der Waals surface area contributed by atoms with Crippen molar-refractivity contribution in [3.8, 4) is 0 Å². The summed E-state index contributed by atoms with van der Waals surface area (Å²) in [6.45, 7) is 2.00. The molecule has 0 amide bonds. The number of hydrogen-bond donors (Lipinski definition) is 1. The van der Waals surface area contributed by atoms with Gasteiger partial charge in [0.2, 0.25) is 0 Å². The van der Waals surface area contributed by atoms with E-state index in [0.717, 1.165) is 19.3 Å². The van der Waals surface area contributed by atoms with Crippen molar-refractivity contribution >= 4 is 0 Å². The summed E-state index contributed by atoms with van der Waals surface area (Å²) in [7, 11) is 0. The monoisotopic (exact) mass is 181 g/mol. The second-order valence-electron chi connectivity index (χ2n) is 3.50. The smallest absolute Gasteiger partial charge is 0.123 e. The SMILES string of the molecule is C[C@H](N)CCCc1ccc(F)cc1. The summed E-state index contributed by atoms with van der Waals surface area (Å²) in [4.78, 5) is 0. The molecule has 72 valence electrons. The third-order valence-corrected chi connectivity index (χ3v) is 2.04. The molecular formula is C11H16FN. The first-order valence-corrected chi connectivity index (χ1v) is 4.68. The Morgan fingerprint density at radius 1 is 1.31 bits per heavy atom. The fourth-order valence-electron chi connectivity index (χ4n) is 1.28. The molecule has 1 rings (SSSR count). The van der Waals surface area contributed by atoms with Crippen LogP contribution in [0.1, 0.15) is 25.3 Å². The minimum Gasteiger partial charge on any atom is -0.328 e. The van der Waals surface area contributed by atoms with E-state index in [0.29, 0.717) is 0 Å². The molecule has 2 N–H and O–H groups in total. The van der Waals surface area contributed by atoms with Gasteiger partial charge in [-0.3, -0.25) is 0 Å². The molecule has 0 unspecified atom stereocenters. The number of rotatable bonds is 4. The Bertz CT molecular complexity index is 241. The Kier molecular flexibility index (Phi) is 3.90. The van der Waals surface area contributed by atoms with Gasteiger partial charge in [-0.2, -0.15) is 0 Å². The molecule has 0 aromatic heterocycles. The van der Waals surface area contributed by atoms with E-state index >= 15 is 0 Å². The predicted molar refractivity (Wildman–Crippen MR) is 53.0 cm³/mol. The van der Waals surface area contributed by atoms with Crippen LogP contribution in [0.5, 0.6) is 0 Å². The second-order valence-corrected chi connectivity index (χ2v) is 3.50. The first-order valence-electron chi connectivity index (χ1n) is 4.68. The molecule has 2 heteroatoms. The van der Waals surface area contributed by atoms with Crippen molar-refractivity contribution in [2.45, 2.75) is 32.2 Å². The first-order chi connectivity index (χ1) is 6.18. The van der Waals surface area contributed by atoms with Gasteiger partial charge in [-0.05, 0) is 43.9 Å². The summed E-state index contributed by atoms with van der Waals surface area (Å²) in [5.41, 5.74) is 6.80. The van der Waals surface area contributed by atoms with Gasteiger partial charge in [0, 0.05) is 6.04 Å². The maximum atomic E-state index is 12.5. The highest BCUT2D eigenvalue weighted by molar-refractivity contribution is 5.15. The average Bonchev–Trinajstić information content (AvgIpc) is 2.08. The predicted octanol–water partition coefficient (Wildman–Crippen LogP) is 2.50. The van der Waals surface area contributed by atoms with E-state index in [1.807, 2.05) is 19.1 Å². The Morgan fingerprint density at radius 3 is 2.46 bits per heavy atom. The number of nitrogens with two attached hydrogens (primary N) is 1. The van der Waals surface area contributed by atoms with Crippen LogP contribution < -0.4 is 5.73 Å². The van der Waals surface area contributed by atoms with E-state index in [4.69, 9.17) is 5.73 Å². The lowest BCUT2D eigenvalue weighted by Gasteiger charge is -2.04. The zero-order chi connectivity index (χ0) is 9.68. The van der Waals surface area contributed by atoms with Crippen molar-refractivity contribution in [1.29, 1.82) is 0 Å². The topological polar surface area (TPSA) is 26.0 Å². The maximum absolute atomic E-state index is 12.5. The summed E-state index contributed by atoms with van der Waals surface area (Å²) in [5.74, 6) is -0.170. The maximum Gasteiger partial charge on any atom is 0.123 e. The molecular weight excluding hydrogens is 165 g/mol. The molecule has 0 aliphatic heterocycles. The van der Waals surface area contributed by atoms with Gasteiger partial charge in [-0.1, -0.05) is 12.1 Å². The van der Waals surface area contributed by atoms with Gasteiger partial charge in [-0.15, -0.1) is 0 Å². The molecule has 0 spiro atoms. The van der Waals surface area contributed by atoms with Crippen molar-refractivity contribution in [2.24, 2.45) is 5.73 Å². The molecule has 1 aromatic rings. The van der Waals surface area contributed by atoms with Crippen LogP contribution in [-0.2, 0) is 6.42 Å². The molecule has 0 saturated heterocycles. The molecule has 0 radical (unpaired) electrons. The molecule has 13 heavy (non-hydrogen) atoms. The summed E-state index contributed by atoms with van der Waals surface area (Å²) < 4.78 is 12.5. The fraction of sp³-hybridized carbons (Fsp3) is 0.455. The van der Waals surface area contributed by atoms with Crippen molar-refractivity contribution < 1.29 is 4.39 Å². The molecule has 1 aromatic carbocycles. The normalized spacial score (nSPS) is 12.8. The van der Waals surface area contributed by atoms with E-state index < -0.39 is 0 Å². The Morgan fingerprint density at radius 2 is 1.92 bits per heavy atom. The third-order valence-electron chi connectivity index (χ3n) is 2.04. The number of benzene rings is 1. The van der Waals surface area contributed by atoms with E-state index in [1.54, 1.807) is 0 Å². The molecule has 0 heterocycles. The van der Waals surface area contributed by atoms with Gasteiger partial charge in [0.05, 0.1) is 0 Å².